The third kappa shape index (κ3) is 7.78. The van der Waals surface area contributed by atoms with Gasteiger partial charge in [0.15, 0.2) is 25.0 Å². The van der Waals surface area contributed by atoms with E-state index in [-0.39, 0.29) is 57.5 Å². The molecule has 0 aromatic heterocycles. The first kappa shape index (κ1) is 50.9. The number of hydrogen-bond acceptors (Lipinski definition) is 17. The summed E-state index contributed by atoms with van der Waals surface area (Å²) in [4.78, 5) is 12.5. The molecule has 5 aliphatic carbocycles. The zero-order chi connectivity index (χ0) is 48.4. The Labute approximate surface area is 387 Å². The molecule has 0 radical (unpaired) electrons. The number of carbonyl (C=O) groups is 1. The highest BCUT2D eigenvalue weighted by Crippen LogP contribution is 2.76. The van der Waals surface area contributed by atoms with Crippen LogP contribution < -0.4 is 0 Å². The molecule has 66 heavy (non-hydrogen) atoms. The molecular weight excluding hydrogens is 865 g/mol. The van der Waals surface area contributed by atoms with E-state index >= 15 is 0 Å². The van der Waals surface area contributed by atoms with Crippen LogP contribution in [0.3, 0.4) is 0 Å². The van der Waals surface area contributed by atoms with Gasteiger partial charge in [-0.05, 0) is 104 Å². The minimum absolute atomic E-state index is 0.0166. The summed E-state index contributed by atoms with van der Waals surface area (Å²) in [7, 11) is 0. The van der Waals surface area contributed by atoms with Crippen LogP contribution in [0.5, 0.6) is 0 Å². The predicted octanol–water partition coefficient (Wildman–Crippen LogP) is 0.705. The first-order chi connectivity index (χ1) is 30.7. The van der Waals surface area contributed by atoms with E-state index in [0.29, 0.717) is 12.8 Å². The topological polar surface area (TPSA) is 295 Å². The minimum Gasteiger partial charge on any atom is -0.479 e. The number of allylic oxidation sites excluding steroid dienone is 2. The number of fused-ring (bicyclic) bond motifs is 7. The van der Waals surface area contributed by atoms with Gasteiger partial charge in [0.25, 0.3) is 0 Å². The van der Waals surface area contributed by atoms with Crippen LogP contribution in [0.15, 0.2) is 11.6 Å². The molecule has 18 heteroatoms. The Kier molecular flexibility index (Phi) is 13.7. The van der Waals surface area contributed by atoms with E-state index < -0.39 is 116 Å². The first-order valence-corrected chi connectivity index (χ1v) is 24.3. The molecule has 3 saturated heterocycles. The van der Waals surface area contributed by atoms with E-state index in [2.05, 4.69) is 47.6 Å². The predicted molar refractivity (Wildman–Crippen MR) is 231 cm³/mol. The van der Waals surface area contributed by atoms with Crippen molar-refractivity contribution in [2.75, 3.05) is 13.2 Å². The number of carboxylic acids is 1. The van der Waals surface area contributed by atoms with Crippen LogP contribution in [0, 0.1) is 50.2 Å². The van der Waals surface area contributed by atoms with Crippen molar-refractivity contribution in [1.29, 1.82) is 0 Å². The van der Waals surface area contributed by atoms with Crippen molar-refractivity contribution in [3.63, 3.8) is 0 Å². The van der Waals surface area contributed by atoms with Gasteiger partial charge in [0.2, 0.25) is 0 Å². The molecular formula is C48H78O18. The van der Waals surface area contributed by atoms with Crippen LogP contribution in [-0.4, -0.2) is 180 Å². The van der Waals surface area contributed by atoms with Crippen LogP contribution >= 0.6 is 0 Å². The smallest absolute Gasteiger partial charge is 0.335 e. The monoisotopic (exact) mass is 943 g/mol. The van der Waals surface area contributed by atoms with Gasteiger partial charge < -0.3 is 84.6 Å². The average molecular weight is 943 g/mol. The van der Waals surface area contributed by atoms with E-state index in [1.165, 1.54) is 12.5 Å². The van der Waals surface area contributed by atoms with E-state index in [1.54, 1.807) is 0 Å². The van der Waals surface area contributed by atoms with Crippen molar-refractivity contribution in [3.8, 4) is 0 Å². The molecule has 8 aliphatic rings. The second-order valence-corrected chi connectivity index (χ2v) is 23.6. The van der Waals surface area contributed by atoms with Gasteiger partial charge in [0.1, 0.15) is 61.0 Å². The van der Waals surface area contributed by atoms with Crippen molar-refractivity contribution in [1.82, 2.24) is 0 Å². The van der Waals surface area contributed by atoms with Crippen LogP contribution in [-0.2, 0) is 33.2 Å². The number of carboxylic acid groups (broad SMARTS) is 1. The van der Waals surface area contributed by atoms with Crippen molar-refractivity contribution in [2.24, 2.45) is 50.2 Å². The number of ether oxygens (including phenoxy) is 6. The van der Waals surface area contributed by atoms with E-state index in [9.17, 15) is 61.0 Å². The van der Waals surface area contributed by atoms with Crippen molar-refractivity contribution >= 4 is 5.97 Å². The summed E-state index contributed by atoms with van der Waals surface area (Å²) in [5, 5.41) is 120. The van der Waals surface area contributed by atoms with Gasteiger partial charge in [0, 0.05) is 10.8 Å². The van der Waals surface area contributed by atoms with Gasteiger partial charge in [-0.1, -0.05) is 60.1 Å². The lowest BCUT2D eigenvalue weighted by Crippen LogP contribution is -2.68. The maximum absolute atomic E-state index is 12.5. The van der Waals surface area contributed by atoms with Gasteiger partial charge in [-0.2, -0.15) is 0 Å². The van der Waals surface area contributed by atoms with Crippen LogP contribution in [0.25, 0.3) is 0 Å². The summed E-state index contributed by atoms with van der Waals surface area (Å²) in [6, 6.07) is 0. The Bertz CT molecular complexity index is 1820. The fourth-order valence-corrected chi connectivity index (χ4v) is 15.1. The fourth-order valence-electron chi connectivity index (χ4n) is 15.1. The third-order valence-corrected chi connectivity index (χ3v) is 19.5. The van der Waals surface area contributed by atoms with Gasteiger partial charge in [-0.25, -0.2) is 4.79 Å². The molecule has 8 rings (SSSR count). The Hall–Kier alpha value is -1.43. The Morgan fingerprint density at radius 1 is 0.667 bits per heavy atom. The minimum atomic E-state index is -2.07. The first-order valence-electron chi connectivity index (χ1n) is 24.3. The zero-order valence-electron chi connectivity index (χ0n) is 39.7. The zero-order valence-corrected chi connectivity index (χ0v) is 39.7. The summed E-state index contributed by atoms with van der Waals surface area (Å²) in [5.74, 6) is -1.16. The van der Waals surface area contributed by atoms with Gasteiger partial charge in [-0.3, -0.25) is 0 Å². The molecule has 25 atom stereocenters. The quantitative estimate of drug-likeness (QED) is 0.112. The summed E-state index contributed by atoms with van der Waals surface area (Å²) < 4.78 is 36.2. The van der Waals surface area contributed by atoms with Crippen LogP contribution in [0.2, 0.25) is 0 Å². The van der Waals surface area contributed by atoms with Crippen molar-refractivity contribution in [2.45, 2.75) is 218 Å². The van der Waals surface area contributed by atoms with E-state index in [0.717, 1.165) is 44.9 Å². The highest BCUT2D eigenvalue weighted by atomic mass is 16.8. The Morgan fingerprint density at radius 3 is 1.94 bits per heavy atom. The van der Waals surface area contributed by atoms with Crippen LogP contribution in [0.1, 0.15) is 113 Å². The molecule has 4 saturated carbocycles. The van der Waals surface area contributed by atoms with Crippen LogP contribution in [0.4, 0.5) is 0 Å². The SMILES string of the molecule is C[C@@H]1O[C@@H](O[C@H]2[C@H](O[C@H]3[C@H](O[C@H]4CC[C@@]5(C)[C@@H](CCC6(C)[C@@H]5CC=C5[C@@H]7CC(C)(C)C[C@@H](O)[C@]7(C)CC[C@]56C)[C@@]4(C)CO)O[C@H](C(=O)O)[C@@H](O)[C@@H]3O)O[C@H](CO)[C@H](O)[C@@H]2O)[C@H](O)[C@H](O)[C@H]1O. The summed E-state index contributed by atoms with van der Waals surface area (Å²) in [5.41, 5.74) is -0.0545. The molecule has 0 bridgehead atoms. The van der Waals surface area contributed by atoms with Gasteiger partial charge >= 0.3 is 5.97 Å². The Morgan fingerprint density at radius 2 is 1.30 bits per heavy atom. The second kappa shape index (κ2) is 17.7. The molecule has 7 fully saturated rings. The van der Waals surface area contributed by atoms with E-state index in [1.807, 2.05) is 6.92 Å². The average Bonchev–Trinajstić information content (AvgIpc) is 3.25. The molecule has 1 unspecified atom stereocenters. The Balaban J connectivity index is 1.08. The number of rotatable bonds is 9. The van der Waals surface area contributed by atoms with Gasteiger partial charge in [0.05, 0.1) is 31.5 Å². The summed E-state index contributed by atoms with van der Waals surface area (Å²) in [6.45, 7) is 16.3. The highest BCUT2D eigenvalue weighted by Gasteiger charge is 2.70. The highest BCUT2D eigenvalue weighted by molar-refractivity contribution is 5.73. The normalized spacial score (nSPS) is 55.9. The molecule has 0 aromatic carbocycles. The molecule has 11 N–H and O–H groups in total. The number of aliphatic hydroxyl groups is 10. The standard InChI is InChI=1S/C48H78O18/c1-21-29(52)31(54)35(58)40(61-21)65-37-32(55)30(53)24(19-49)62-41(37)66-38-34(57)33(56)36(39(59)60)64-42(38)63-28-12-13-45(5)25(46(28,6)20-50)11-14-48(8)26(45)10-9-22-23-17-43(2,3)18-27(51)44(23,4)15-16-47(22,48)7/h9,21,23-38,40-42,49-58H,10-20H2,1-8H3,(H,59,60)/t21-,23-,24+,25+,26+,27+,28-,29-,30-,31+,32-,33-,34-,35+,36-,37+,38+,40-,41-,42+,44+,45-,46+,47+,48?/m0/s1. The largest absolute Gasteiger partial charge is 0.479 e. The lowest BCUT2D eigenvalue weighted by Gasteiger charge is -2.72. The van der Waals surface area contributed by atoms with Crippen molar-refractivity contribution < 1.29 is 89.4 Å². The molecule has 0 amide bonds. The molecule has 3 aliphatic heterocycles. The lowest BCUT2D eigenvalue weighted by molar-refractivity contribution is -0.396. The number of aliphatic hydroxyl groups excluding tert-OH is 10. The van der Waals surface area contributed by atoms with E-state index in [4.69, 9.17) is 28.4 Å². The molecule has 0 aromatic rings. The third-order valence-electron chi connectivity index (χ3n) is 19.5. The number of aliphatic carboxylic acids is 1. The maximum Gasteiger partial charge on any atom is 0.335 e. The summed E-state index contributed by atoms with van der Waals surface area (Å²) >= 11 is 0. The molecule has 18 nitrogen and oxygen atoms in total. The molecule has 3 heterocycles. The second-order valence-electron chi connectivity index (χ2n) is 23.6. The number of hydrogen-bond donors (Lipinski definition) is 11. The fraction of sp³-hybridized carbons (Fsp3) is 0.938. The summed E-state index contributed by atoms with van der Waals surface area (Å²) in [6.07, 6.45) is -17.6. The molecule has 0 spiro atoms. The van der Waals surface area contributed by atoms with Crippen molar-refractivity contribution in [3.05, 3.63) is 11.6 Å². The molecule has 378 valence electrons. The van der Waals surface area contributed by atoms with Gasteiger partial charge in [-0.15, -0.1) is 0 Å². The lowest BCUT2D eigenvalue weighted by atomic mass is 9.33. The maximum atomic E-state index is 12.5.